The molecule has 0 amide bonds. The van der Waals surface area contributed by atoms with E-state index < -0.39 is 5.82 Å². The summed E-state index contributed by atoms with van der Waals surface area (Å²) in [5.74, 6) is -0.571. The molecule has 4 nitrogen and oxygen atoms in total. The summed E-state index contributed by atoms with van der Waals surface area (Å²) in [6.45, 7) is 0. The molecule has 2 N–H and O–H groups in total. The number of aromatic nitrogens is 1. The van der Waals surface area contributed by atoms with Crippen molar-refractivity contribution in [2.75, 3.05) is 5.73 Å². The molecule has 2 aromatic rings. The summed E-state index contributed by atoms with van der Waals surface area (Å²) in [6, 6.07) is 7.80. The molecule has 0 radical (unpaired) electrons. The second-order valence-electron chi connectivity index (χ2n) is 2.86. The SMILES string of the molecule is N#Cc1c(-c2ccccc2F)noc1N. The molecule has 5 heteroatoms. The topological polar surface area (TPSA) is 75.8 Å². The first-order valence-electron chi connectivity index (χ1n) is 4.14. The summed E-state index contributed by atoms with van der Waals surface area (Å²) in [5.41, 5.74) is 5.76. The van der Waals surface area contributed by atoms with Gasteiger partial charge in [-0.2, -0.15) is 5.26 Å². The Bertz CT molecular complexity index is 542. The number of hydrogen-bond donors (Lipinski definition) is 1. The molecule has 1 aromatic heterocycles. The summed E-state index contributed by atoms with van der Waals surface area (Å²) in [5, 5.41) is 12.3. The van der Waals surface area contributed by atoms with Gasteiger partial charge in [0.25, 0.3) is 0 Å². The largest absolute Gasteiger partial charge is 0.366 e. The van der Waals surface area contributed by atoms with Crippen molar-refractivity contribution < 1.29 is 8.91 Å². The maximum Gasteiger partial charge on any atom is 0.240 e. The van der Waals surface area contributed by atoms with Crippen LogP contribution in [0.1, 0.15) is 5.56 Å². The Labute approximate surface area is 84.7 Å². The van der Waals surface area contributed by atoms with Crippen LogP contribution >= 0.6 is 0 Å². The lowest BCUT2D eigenvalue weighted by Crippen LogP contribution is -1.88. The lowest BCUT2D eigenvalue weighted by atomic mass is 10.1. The molecule has 0 saturated heterocycles. The third-order valence-corrected chi connectivity index (χ3v) is 1.96. The van der Waals surface area contributed by atoms with E-state index in [0.717, 1.165) is 0 Å². The van der Waals surface area contributed by atoms with E-state index >= 15 is 0 Å². The highest BCUT2D eigenvalue weighted by atomic mass is 19.1. The van der Waals surface area contributed by atoms with E-state index in [1.807, 2.05) is 6.07 Å². The quantitative estimate of drug-likeness (QED) is 0.768. The van der Waals surface area contributed by atoms with Gasteiger partial charge in [0.15, 0.2) is 0 Å². The summed E-state index contributed by atoms with van der Waals surface area (Å²) in [6.07, 6.45) is 0. The lowest BCUT2D eigenvalue weighted by molar-refractivity contribution is 0.438. The highest BCUT2D eigenvalue weighted by Gasteiger charge is 2.17. The van der Waals surface area contributed by atoms with Gasteiger partial charge >= 0.3 is 0 Å². The third-order valence-electron chi connectivity index (χ3n) is 1.96. The number of nitriles is 1. The zero-order chi connectivity index (χ0) is 10.8. The molecule has 0 atom stereocenters. The molecular formula is C10H6FN3O. The number of nitrogen functional groups attached to an aromatic ring is 1. The Balaban J connectivity index is 2.66. The second-order valence-corrected chi connectivity index (χ2v) is 2.86. The number of rotatable bonds is 1. The normalized spacial score (nSPS) is 9.87. The van der Waals surface area contributed by atoms with Crippen LogP contribution in [0.3, 0.4) is 0 Å². The van der Waals surface area contributed by atoms with E-state index in [0.29, 0.717) is 0 Å². The summed E-state index contributed by atoms with van der Waals surface area (Å²) >= 11 is 0. The van der Waals surface area contributed by atoms with E-state index in [2.05, 4.69) is 9.68 Å². The fourth-order valence-corrected chi connectivity index (χ4v) is 1.25. The van der Waals surface area contributed by atoms with Crippen molar-refractivity contribution in [3.63, 3.8) is 0 Å². The maximum atomic E-state index is 13.4. The number of nitrogens with two attached hydrogens (primary N) is 1. The van der Waals surface area contributed by atoms with Gasteiger partial charge in [0.2, 0.25) is 5.88 Å². The molecule has 2 rings (SSSR count). The van der Waals surface area contributed by atoms with Gasteiger partial charge in [-0.1, -0.05) is 17.3 Å². The van der Waals surface area contributed by atoms with Crippen LogP contribution < -0.4 is 5.73 Å². The maximum absolute atomic E-state index is 13.4. The Hall–Kier alpha value is -2.35. The summed E-state index contributed by atoms with van der Waals surface area (Å²) < 4.78 is 18.0. The van der Waals surface area contributed by atoms with Crippen LogP contribution in [0.15, 0.2) is 28.8 Å². The van der Waals surface area contributed by atoms with Crippen LogP contribution in [0.2, 0.25) is 0 Å². The standard InChI is InChI=1S/C10H6FN3O/c11-8-4-2-1-3-6(8)9-7(5-12)10(13)15-14-9/h1-4H,13H2. The third kappa shape index (κ3) is 1.42. The molecule has 0 aliphatic carbocycles. The fraction of sp³-hybridized carbons (Fsp3) is 0. The van der Waals surface area contributed by atoms with Crippen molar-refractivity contribution in [3.05, 3.63) is 35.6 Å². The highest BCUT2D eigenvalue weighted by molar-refractivity contribution is 5.71. The first kappa shape index (κ1) is 9.21. The number of hydrogen-bond acceptors (Lipinski definition) is 4. The van der Waals surface area contributed by atoms with Gasteiger partial charge in [0.05, 0.1) is 0 Å². The Morgan fingerprint density at radius 2 is 2.13 bits per heavy atom. The van der Waals surface area contributed by atoms with Crippen LogP contribution in [0.4, 0.5) is 10.3 Å². The van der Waals surface area contributed by atoms with Crippen LogP contribution in [0, 0.1) is 17.1 Å². The van der Waals surface area contributed by atoms with Crippen LogP contribution in [-0.4, -0.2) is 5.16 Å². The van der Waals surface area contributed by atoms with Gasteiger partial charge in [-0.25, -0.2) is 4.39 Å². The van der Waals surface area contributed by atoms with E-state index in [9.17, 15) is 4.39 Å². The van der Waals surface area contributed by atoms with E-state index in [1.165, 1.54) is 12.1 Å². The van der Waals surface area contributed by atoms with Crippen molar-refractivity contribution in [1.29, 1.82) is 5.26 Å². The Morgan fingerprint density at radius 3 is 2.80 bits per heavy atom. The van der Waals surface area contributed by atoms with Gasteiger partial charge in [0.1, 0.15) is 23.1 Å². The number of nitrogens with zero attached hydrogens (tertiary/aromatic N) is 2. The molecule has 0 fully saturated rings. The monoisotopic (exact) mass is 203 g/mol. The predicted molar refractivity (Wildman–Crippen MR) is 51.0 cm³/mol. The minimum absolute atomic E-state index is 0.0556. The predicted octanol–water partition coefficient (Wildman–Crippen LogP) is 1.93. The van der Waals surface area contributed by atoms with Crippen molar-refractivity contribution in [3.8, 4) is 17.3 Å². The first-order valence-corrected chi connectivity index (χ1v) is 4.14. The molecule has 1 aromatic carbocycles. The molecule has 74 valence electrons. The lowest BCUT2D eigenvalue weighted by Gasteiger charge is -1.97. The van der Waals surface area contributed by atoms with Crippen molar-refractivity contribution in [2.24, 2.45) is 0 Å². The molecule has 0 unspecified atom stereocenters. The second kappa shape index (κ2) is 3.42. The number of anilines is 1. The summed E-state index contributed by atoms with van der Waals surface area (Å²) in [4.78, 5) is 0. The smallest absolute Gasteiger partial charge is 0.240 e. The number of benzene rings is 1. The molecule has 0 bridgehead atoms. The molecule has 0 saturated carbocycles. The van der Waals surface area contributed by atoms with E-state index in [1.54, 1.807) is 12.1 Å². The number of halogens is 1. The van der Waals surface area contributed by atoms with Gasteiger partial charge in [-0.15, -0.1) is 0 Å². The van der Waals surface area contributed by atoms with Crippen LogP contribution in [0.5, 0.6) is 0 Å². The van der Waals surface area contributed by atoms with Gasteiger partial charge in [-0.05, 0) is 12.1 Å². The minimum atomic E-state index is -0.470. The van der Waals surface area contributed by atoms with Crippen molar-refractivity contribution in [2.45, 2.75) is 0 Å². The van der Waals surface area contributed by atoms with Crippen LogP contribution in [-0.2, 0) is 0 Å². The zero-order valence-corrected chi connectivity index (χ0v) is 7.57. The molecule has 0 spiro atoms. The molecule has 1 heterocycles. The average molecular weight is 203 g/mol. The molecule has 0 aliphatic rings. The highest BCUT2D eigenvalue weighted by Crippen LogP contribution is 2.27. The van der Waals surface area contributed by atoms with Gasteiger partial charge in [0, 0.05) is 5.56 Å². The average Bonchev–Trinajstić information content (AvgIpc) is 2.60. The van der Waals surface area contributed by atoms with Crippen molar-refractivity contribution >= 4 is 5.88 Å². The first-order chi connectivity index (χ1) is 7.24. The molecular weight excluding hydrogens is 197 g/mol. The van der Waals surface area contributed by atoms with E-state index in [-0.39, 0.29) is 22.7 Å². The molecule has 15 heavy (non-hydrogen) atoms. The fourth-order valence-electron chi connectivity index (χ4n) is 1.25. The van der Waals surface area contributed by atoms with Gasteiger partial charge < -0.3 is 10.3 Å². The Kier molecular flexibility index (Phi) is 2.10. The van der Waals surface area contributed by atoms with Gasteiger partial charge in [-0.3, -0.25) is 0 Å². The summed E-state index contributed by atoms with van der Waals surface area (Å²) in [7, 11) is 0. The van der Waals surface area contributed by atoms with E-state index in [4.69, 9.17) is 11.0 Å². The van der Waals surface area contributed by atoms with Crippen LogP contribution in [0.25, 0.3) is 11.3 Å². The molecule has 0 aliphatic heterocycles. The minimum Gasteiger partial charge on any atom is -0.366 e. The Morgan fingerprint density at radius 1 is 1.40 bits per heavy atom. The van der Waals surface area contributed by atoms with Crippen molar-refractivity contribution in [1.82, 2.24) is 5.16 Å². The zero-order valence-electron chi connectivity index (χ0n) is 7.57.